The third-order valence-corrected chi connectivity index (χ3v) is 8.08. The van der Waals surface area contributed by atoms with E-state index in [-0.39, 0.29) is 6.04 Å². The van der Waals surface area contributed by atoms with Crippen LogP contribution in [0.5, 0.6) is 0 Å². The predicted octanol–water partition coefficient (Wildman–Crippen LogP) is 5.58. The summed E-state index contributed by atoms with van der Waals surface area (Å²) in [6, 6.07) is 15.7. The largest absolute Gasteiger partial charge is 0.481 e. The minimum absolute atomic E-state index is 0.270. The van der Waals surface area contributed by atoms with Crippen LogP contribution in [0.25, 0.3) is 11.0 Å². The number of nitrogens with zero attached hydrogens (tertiary/aromatic N) is 3. The fourth-order valence-electron chi connectivity index (χ4n) is 5.87. The van der Waals surface area contributed by atoms with E-state index in [0.717, 1.165) is 43.4 Å². The highest BCUT2D eigenvalue weighted by atomic mass is 16.5. The number of aliphatic carboxylic acids is 1. The Kier molecular flexibility index (Phi) is 6.11. The average Bonchev–Trinajstić information content (AvgIpc) is 3.20. The highest BCUT2D eigenvalue weighted by molar-refractivity contribution is 5.86. The molecule has 1 N–H and O–H groups in total. The molecule has 1 fully saturated rings. The maximum absolute atomic E-state index is 11.8. The van der Waals surface area contributed by atoms with E-state index in [9.17, 15) is 9.90 Å². The molecule has 1 aliphatic heterocycles. The normalized spacial score (nSPS) is 24.9. The Morgan fingerprint density at radius 2 is 1.88 bits per heavy atom. The number of ether oxygens (including phenoxy) is 1. The molecule has 1 aromatic heterocycles. The summed E-state index contributed by atoms with van der Waals surface area (Å²) in [5.74, 6) is 0.405. The molecule has 0 amide bonds. The molecule has 1 atom stereocenters. The molecule has 6 nitrogen and oxygen atoms in total. The van der Waals surface area contributed by atoms with E-state index >= 15 is 0 Å². The highest BCUT2D eigenvalue weighted by Gasteiger charge is 2.39. The number of benzene rings is 2. The number of rotatable bonds is 6. The van der Waals surface area contributed by atoms with Gasteiger partial charge in [0, 0.05) is 36.9 Å². The molecule has 6 heteroatoms. The number of fused-ring (bicyclic) bond motifs is 3. The van der Waals surface area contributed by atoms with Crippen molar-refractivity contribution in [2.75, 3.05) is 18.7 Å². The molecule has 1 aliphatic carbocycles. The van der Waals surface area contributed by atoms with Crippen molar-refractivity contribution in [2.24, 2.45) is 5.41 Å². The number of carboxylic acid groups (broad SMARTS) is 1. The van der Waals surface area contributed by atoms with Crippen molar-refractivity contribution in [3.05, 3.63) is 59.4 Å². The van der Waals surface area contributed by atoms with E-state index < -0.39 is 11.4 Å². The van der Waals surface area contributed by atoms with Gasteiger partial charge in [-0.15, -0.1) is 0 Å². The summed E-state index contributed by atoms with van der Waals surface area (Å²) in [7, 11) is 1.75. The number of imidazole rings is 1. The molecule has 0 bridgehead atoms. The zero-order chi connectivity index (χ0) is 23.9. The molecular formula is C28H35N3O3. The van der Waals surface area contributed by atoms with Gasteiger partial charge in [-0.2, -0.15) is 0 Å². The van der Waals surface area contributed by atoms with E-state index in [1.54, 1.807) is 7.11 Å². The minimum atomic E-state index is -0.674. The van der Waals surface area contributed by atoms with Crippen LogP contribution >= 0.6 is 0 Å². The highest BCUT2D eigenvalue weighted by Crippen LogP contribution is 2.44. The van der Waals surface area contributed by atoms with Gasteiger partial charge in [0.2, 0.25) is 0 Å². The van der Waals surface area contributed by atoms with E-state index in [1.165, 1.54) is 22.3 Å². The molecular weight excluding hydrogens is 426 g/mol. The second kappa shape index (κ2) is 9.06. The van der Waals surface area contributed by atoms with Gasteiger partial charge in [0.25, 0.3) is 0 Å². The van der Waals surface area contributed by atoms with Crippen molar-refractivity contribution < 1.29 is 14.6 Å². The smallest absolute Gasteiger partial charge is 0.309 e. The van der Waals surface area contributed by atoms with Crippen LogP contribution in [0, 0.1) is 5.41 Å². The minimum Gasteiger partial charge on any atom is -0.481 e. The Hall–Kier alpha value is -2.86. The fourth-order valence-corrected chi connectivity index (χ4v) is 5.87. The van der Waals surface area contributed by atoms with Crippen LogP contribution < -0.4 is 4.90 Å². The Balaban J connectivity index is 1.59. The van der Waals surface area contributed by atoms with Gasteiger partial charge < -0.3 is 19.3 Å². The third kappa shape index (κ3) is 3.98. The van der Waals surface area contributed by atoms with E-state index in [2.05, 4.69) is 52.8 Å². The van der Waals surface area contributed by atoms with Crippen molar-refractivity contribution in [3.63, 3.8) is 0 Å². The third-order valence-electron chi connectivity index (χ3n) is 8.08. The first-order chi connectivity index (χ1) is 16.4. The summed E-state index contributed by atoms with van der Waals surface area (Å²) in [6.07, 6.45) is 5.98. The van der Waals surface area contributed by atoms with Crippen molar-refractivity contribution in [1.82, 2.24) is 9.55 Å². The number of methoxy groups -OCH3 is 1. The maximum atomic E-state index is 11.8. The number of aromatic nitrogens is 2. The van der Waals surface area contributed by atoms with Gasteiger partial charge in [-0.3, -0.25) is 4.79 Å². The van der Waals surface area contributed by atoms with E-state index in [1.807, 2.05) is 13.0 Å². The molecule has 0 spiro atoms. The SMILES string of the molecule is COCN1c2ccc3c(nc(Cc4ccccc4)n3[C@H]3CC[C@@](C)(C(=O)O)CC3)c2CC[C@@H]1C. The van der Waals surface area contributed by atoms with Crippen molar-refractivity contribution in [3.8, 4) is 0 Å². The number of hydrogen-bond acceptors (Lipinski definition) is 4. The van der Waals surface area contributed by atoms with Gasteiger partial charge in [0.05, 0.1) is 16.4 Å². The van der Waals surface area contributed by atoms with Crippen molar-refractivity contribution >= 4 is 22.7 Å². The summed E-state index contributed by atoms with van der Waals surface area (Å²) in [6.45, 7) is 4.73. The first-order valence-electron chi connectivity index (χ1n) is 12.5. The molecule has 5 rings (SSSR count). The quantitative estimate of drug-likeness (QED) is 0.519. The van der Waals surface area contributed by atoms with Gasteiger partial charge >= 0.3 is 5.97 Å². The van der Waals surface area contributed by atoms with Gasteiger partial charge in [-0.25, -0.2) is 4.98 Å². The van der Waals surface area contributed by atoms with E-state index in [4.69, 9.17) is 9.72 Å². The fraction of sp³-hybridized carbons (Fsp3) is 0.500. The lowest BCUT2D eigenvalue weighted by atomic mass is 9.74. The second-order valence-electron chi connectivity index (χ2n) is 10.4. The molecule has 34 heavy (non-hydrogen) atoms. The lowest BCUT2D eigenvalue weighted by Crippen LogP contribution is -2.38. The van der Waals surface area contributed by atoms with Crippen LogP contribution in [0.15, 0.2) is 42.5 Å². The number of carbonyl (C=O) groups is 1. The molecule has 2 aromatic carbocycles. The molecule has 0 saturated heterocycles. The molecule has 2 aliphatic rings. The van der Waals surface area contributed by atoms with Crippen LogP contribution in [0.4, 0.5) is 5.69 Å². The summed E-state index contributed by atoms with van der Waals surface area (Å²) in [5.41, 5.74) is 5.44. The lowest BCUT2D eigenvalue weighted by molar-refractivity contribution is -0.150. The predicted molar refractivity (Wildman–Crippen MR) is 134 cm³/mol. The first-order valence-corrected chi connectivity index (χ1v) is 12.5. The van der Waals surface area contributed by atoms with Crippen LogP contribution in [0.3, 0.4) is 0 Å². The monoisotopic (exact) mass is 461 g/mol. The lowest BCUT2D eigenvalue weighted by Gasteiger charge is -2.37. The first kappa shape index (κ1) is 22.9. The van der Waals surface area contributed by atoms with Gasteiger partial charge in [0.15, 0.2) is 0 Å². The average molecular weight is 462 g/mol. The number of anilines is 1. The van der Waals surface area contributed by atoms with Crippen LogP contribution in [-0.4, -0.2) is 40.5 Å². The van der Waals surface area contributed by atoms with Crippen molar-refractivity contribution in [2.45, 2.75) is 70.9 Å². The van der Waals surface area contributed by atoms with Crippen molar-refractivity contribution in [1.29, 1.82) is 0 Å². The molecule has 3 aromatic rings. The topological polar surface area (TPSA) is 67.6 Å². The summed E-state index contributed by atoms with van der Waals surface area (Å²) in [4.78, 5) is 19.4. The zero-order valence-corrected chi connectivity index (χ0v) is 20.5. The molecule has 0 unspecified atom stereocenters. The Morgan fingerprint density at radius 1 is 1.15 bits per heavy atom. The van der Waals surface area contributed by atoms with Gasteiger partial charge in [-0.05, 0) is 70.1 Å². The van der Waals surface area contributed by atoms with Crippen LogP contribution in [0.1, 0.15) is 68.9 Å². The Morgan fingerprint density at radius 3 is 2.56 bits per heavy atom. The molecule has 180 valence electrons. The summed E-state index contributed by atoms with van der Waals surface area (Å²) in [5, 5.41) is 9.72. The summed E-state index contributed by atoms with van der Waals surface area (Å²) >= 11 is 0. The molecule has 2 heterocycles. The van der Waals surface area contributed by atoms with Gasteiger partial charge in [0.1, 0.15) is 12.6 Å². The zero-order valence-electron chi connectivity index (χ0n) is 20.5. The van der Waals surface area contributed by atoms with E-state index in [0.29, 0.717) is 25.6 Å². The standard InChI is InChI=1S/C28H35N3O3/c1-19-9-10-22-23(30(19)18-34-3)11-12-24-26(22)29-25(17-20-7-5-4-6-8-20)31(24)21-13-15-28(2,16-14-21)27(32)33/h4-8,11-12,19,21H,9-10,13-18H2,1-3H3,(H,32,33)/t19-,21-,28+/m0/s1. The maximum Gasteiger partial charge on any atom is 0.309 e. The molecule has 0 radical (unpaired) electrons. The van der Waals surface area contributed by atoms with Crippen LogP contribution in [-0.2, 0) is 22.4 Å². The number of carboxylic acids is 1. The molecule has 1 saturated carbocycles. The Labute approximate surface area is 201 Å². The number of hydrogen-bond donors (Lipinski definition) is 1. The second-order valence-corrected chi connectivity index (χ2v) is 10.4. The van der Waals surface area contributed by atoms with Gasteiger partial charge in [-0.1, -0.05) is 30.3 Å². The Bertz CT molecular complexity index is 1180. The number of aryl methyl sites for hydroxylation is 1. The summed E-state index contributed by atoms with van der Waals surface area (Å²) < 4.78 is 7.95. The van der Waals surface area contributed by atoms with Crippen LogP contribution in [0.2, 0.25) is 0 Å².